The monoisotopic (exact) mass is 209 g/mol. The molecule has 0 bridgehead atoms. The van der Waals surface area contributed by atoms with Crippen molar-refractivity contribution in [2.75, 3.05) is 0 Å². The Labute approximate surface area is 85.9 Å². The third-order valence-electron chi connectivity index (χ3n) is 1.92. The van der Waals surface area contributed by atoms with Crippen molar-refractivity contribution >= 4 is 11.6 Å². The number of rotatable bonds is 2. The first-order valence-electron chi connectivity index (χ1n) is 4.14. The van der Waals surface area contributed by atoms with Crippen LogP contribution in [0.15, 0.2) is 29.2 Å². The van der Waals surface area contributed by atoms with Crippen molar-refractivity contribution in [2.45, 2.75) is 12.3 Å². The van der Waals surface area contributed by atoms with E-state index in [0.29, 0.717) is 5.69 Å². The molecular formula is C9H8ClN3O. The van der Waals surface area contributed by atoms with E-state index < -0.39 is 0 Å². The number of nitrogens with zero attached hydrogens (tertiary/aromatic N) is 3. The molecule has 0 aliphatic heterocycles. The molecular weight excluding hydrogens is 202 g/mol. The van der Waals surface area contributed by atoms with Crippen LogP contribution in [0.4, 0.5) is 0 Å². The molecule has 0 radical (unpaired) electrons. The van der Waals surface area contributed by atoms with E-state index in [-0.39, 0.29) is 5.38 Å². The second-order valence-electron chi connectivity index (χ2n) is 2.87. The third kappa shape index (κ3) is 1.61. The van der Waals surface area contributed by atoms with E-state index in [4.69, 9.17) is 11.6 Å². The van der Waals surface area contributed by atoms with Crippen molar-refractivity contribution in [3.05, 3.63) is 30.3 Å². The molecule has 0 fully saturated rings. The van der Waals surface area contributed by atoms with Gasteiger partial charge in [0.15, 0.2) is 6.26 Å². The van der Waals surface area contributed by atoms with Crippen LogP contribution in [-0.2, 0) is 0 Å². The molecule has 4 nitrogen and oxygen atoms in total. The summed E-state index contributed by atoms with van der Waals surface area (Å²) in [5.41, 5.74) is 2.50. The Balaban J connectivity index is 2.53. The van der Waals surface area contributed by atoms with Crippen LogP contribution >= 0.6 is 11.6 Å². The van der Waals surface area contributed by atoms with Gasteiger partial charge in [-0.3, -0.25) is 4.98 Å². The molecule has 0 aromatic carbocycles. The summed E-state index contributed by atoms with van der Waals surface area (Å²) >= 11 is 6.01. The van der Waals surface area contributed by atoms with Gasteiger partial charge in [0.1, 0.15) is 5.69 Å². The lowest BCUT2D eigenvalue weighted by Crippen LogP contribution is -1.91. The van der Waals surface area contributed by atoms with Gasteiger partial charge in [-0.25, -0.2) is 0 Å². The molecule has 2 aromatic heterocycles. The van der Waals surface area contributed by atoms with Gasteiger partial charge >= 0.3 is 0 Å². The zero-order valence-corrected chi connectivity index (χ0v) is 8.27. The maximum atomic E-state index is 6.01. The summed E-state index contributed by atoms with van der Waals surface area (Å²) in [6.45, 7) is 1.88. The van der Waals surface area contributed by atoms with Gasteiger partial charge in [-0.15, -0.1) is 16.7 Å². The Kier molecular flexibility index (Phi) is 2.45. The fourth-order valence-corrected chi connectivity index (χ4v) is 1.41. The van der Waals surface area contributed by atoms with Crippen LogP contribution in [0.25, 0.3) is 11.3 Å². The number of pyridine rings is 1. The third-order valence-corrected chi connectivity index (χ3v) is 2.15. The minimum Gasteiger partial charge on any atom is -0.345 e. The second-order valence-corrected chi connectivity index (χ2v) is 3.52. The van der Waals surface area contributed by atoms with Crippen molar-refractivity contribution in [3.8, 4) is 11.3 Å². The predicted molar refractivity (Wildman–Crippen MR) is 51.8 cm³/mol. The first-order chi connectivity index (χ1) is 6.79. The van der Waals surface area contributed by atoms with Gasteiger partial charge in [0.2, 0.25) is 0 Å². The van der Waals surface area contributed by atoms with E-state index in [1.165, 1.54) is 6.26 Å². The Morgan fingerprint density at radius 1 is 1.50 bits per heavy atom. The highest BCUT2D eigenvalue weighted by atomic mass is 35.5. The highest BCUT2D eigenvalue weighted by Gasteiger charge is 2.11. The number of alkyl halides is 1. The largest absolute Gasteiger partial charge is 0.345 e. The van der Waals surface area contributed by atoms with Crippen molar-refractivity contribution in [3.63, 3.8) is 0 Å². The van der Waals surface area contributed by atoms with Crippen LogP contribution in [0, 0.1) is 0 Å². The molecule has 0 spiro atoms. The molecule has 0 amide bonds. The fraction of sp³-hybridized carbons (Fsp3) is 0.222. The van der Waals surface area contributed by atoms with E-state index in [2.05, 4.69) is 19.9 Å². The molecule has 2 aromatic rings. The number of hydrogen-bond donors (Lipinski definition) is 0. The van der Waals surface area contributed by atoms with E-state index in [1.54, 1.807) is 12.4 Å². The van der Waals surface area contributed by atoms with Crippen molar-refractivity contribution in [1.29, 1.82) is 0 Å². The van der Waals surface area contributed by atoms with Crippen molar-refractivity contribution in [2.24, 2.45) is 0 Å². The zero-order chi connectivity index (χ0) is 9.97. The topological polar surface area (TPSA) is 51.8 Å². The van der Waals surface area contributed by atoms with Gasteiger partial charge in [0, 0.05) is 23.2 Å². The first-order valence-corrected chi connectivity index (χ1v) is 4.58. The molecule has 0 saturated carbocycles. The number of hydrogen-bond acceptors (Lipinski definition) is 4. The lowest BCUT2D eigenvalue weighted by atomic mass is 10.1. The Morgan fingerprint density at radius 2 is 2.36 bits per heavy atom. The normalized spacial score (nSPS) is 12.7. The summed E-state index contributed by atoms with van der Waals surface area (Å²) in [5, 5.41) is 7.12. The van der Waals surface area contributed by atoms with E-state index in [1.807, 2.05) is 13.0 Å². The van der Waals surface area contributed by atoms with E-state index >= 15 is 0 Å². The summed E-state index contributed by atoms with van der Waals surface area (Å²) in [6, 6.07) is 1.84. The lowest BCUT2D eigenvalue weighted by molar-refractivity contribution is 0.393. The lowest BCUT2D eigenvalue weighted by Gasteiger charge is -2.06. The van der Waals surface area contributed by atoms with Gasteiger partial charge in [-0.05, 0) is 18.6 Å². The predicted octanol–water partition coefficient (Wildman–Crippen LogP) is 2.43. The smallest absolute Gasteiger partial charge is 0.152 e. The molecule has 1 atom stereocenters. The van der Waals surface area contributed by atoms with E-state index in [0.717, 1.165) is 11.1 Å². The fourth-order valence-electron chi connectivity index (χ4n) is 1.24. The first kappa shape index (κ1) is 9.15. The molecule has 2 rings (SSSR count). The number of halogens is 1. The molecule has 1 unspecified atom stereocenters. The van der Waals surface area contributed by atoms with E-state index in [9.17, 15) is 0 Å². The summed E-state index contributed by atoms with van der Waals surface area (Å²) in [4.78, 5) is 4.01. The Morgan fingerprint density at radius 3 is 3.00 bits per heavy atom. The summed E-state index contributed by atoms with van der Waals surface area (Å²) in [6.07, 6.45) is 4.90. The second kappa shape index (κ2) is 3.75. The average molecular weight is 210 g/mol. The van der Waals surface area contributed by atoms with Gasteiger partial charge < -0.3 is 4.52 Å². The maximum absolute atomic E-state index is 6.01. The molecule has 0 N–H and O–H groups in total. The molecule has 0 aliphatic carbocycles. The molecule has 0 saturated heterocycles. The van der Waals surface area contributed by atoms with Gasteiger partial charge in [-0.2, -0.15) is 0 Å². The van der Waals surface area contributed by atoms with Crippen LogP contribution in [-0.4, -0.2) is 15.4 Å². The van der Waals surface area contributed by atoms with Crippen molar-refractivity contribution < 1.29 is 4.52 Å². The minimum absolute atomic E-state index is 0.115. The van der Waals surface area contributed by atoms with Gasteiger partial charge in [0.05, 0.1) is 5.38 Å². The standard InChI is InChI=1S/C9H8ClN3O/c1-6(10)8-4-11-3-2-7(8)9-5-14-13-12-9/h2-6H,1H3. The average Bonchev–Trinajstić information content (AvgIpc) is 2.70. The van der Waals surface area contributed by atoms with Crippen LogP contribution < -0.4 is 0 Å². The van der Waals surface area contributed by atoms with Crippen LogP contribution in [0.1, 0.15) is 17.9 Å². The Hall–Kier alpha value is -1.42. The Bertz CT molecular complexity index is 414. The summed E-state index contributed by atoms with van der Waals surface area (Å²) < 4.78 is 4.68. The number of aromatic nitrogens is 3. The van der Waals surface area contributed by atoms with Crippen molar-refractivity contribution in [1.82, 2.24) is 15.4 Å². The molecule has 5 heteroatoms. The van der Waals surface area contributed by atoms with Gasteiger partial charge in [-0.1, -0.05) is 0 Å². The summed E-state index contributed by atoms with van der Waals surface area (Å²) in [7, 11) is 0. The molecule has 72 valence electrons. The minimum atomic E-state index is -0.115. The maximum Gasteiger partial charge on any atom is 0.152 e. The molecule has 2 heterocycles. The molecule has 0 aliphatic rings. The van der Waals surface area contributed by atoms with Crippen LogP contribution in [0.2, 0.25) is 0 Å². The zero-order valence-electron chi connectivity index (χ0n) is 7.51. The highest BCUT2D eigenvalue weighted by Crippen LogP contribution is 2.28. The van der Waals surface area contributed by atoms with Gasteiger partial charge in [0.25, 0.3) is 0 Å². The SMILES string of the molecule is CC(Cl)c1cnccc1-c1conn1. The van der Waals surface area contributed by atoms with Crippen LogP contribution in [0.3, 0.4) is 0 Å². The van der Waals surface area contributed by atoms with Crippen LogP contribution in [0.5, 0.6) is 0 Å². The highest BCUT2D eigenvalue weighted by molar-refractivity contribution is 6.21. The molecule has 14 heavy (non-hydrogen) atoms. The quantitative estimate of drug-likeness (QED) is 0.713. The summed E-state index contributed by atoms with van der Waals surface area (Å²) in [5.74, 6) is 0.